The fourth-order valence-corrected chi connectivity index (χ4v) is 4.93. The number of aromatic nitrogens is 4. The number of nitrogens with two attached hydrogens (primary N) is 1. The number of carbonyl (C=O) groups is 1. The van der Waals surface area contributed by atoms with E-state index in [9.17, 15) is 4.79 Å². The summed E-state index contributed by atoms with van der Waals surface area (Å²) >= 11 is 0. The smallest absolute Gasteiger partial charge is 0.239 e. The van der Waals surface area contributed by atoms with Gasteiger partial charge in [-0.15, -0.1) is 10.2 Å². The van der Waals surface area contributed by atoms with Crippen LogP contribution in [-0.4, -0.2) is 44.8 Å². The highest BCUT2D eigenvalue weighted by atomic mass is 16.5. The first kappa shape index (κ1) is 27.1. The number of fused-ring (bicyclic) bond motifs is 1. The normalized spacial score (nSPS) is 12.4. The second-order valence-corrected chi connectivity index (χ2v) is 10.7. The topological polar surface area (TPSA) is 111 Å². The average Bonchev–Trinajstić information content (AvgIpc) is 3.56. The third kappa shape index (κ3) is 6.07. The minimum atomic E-state index is -0.984. The third-order valence-corrected chi connectivity index (χ3v) is 7.21. The molecule has 0 saturated heterocycles. The van der Waals surface area contributed by atoms with E-state index in [1.54, 1.807) is 21.0 Å². The summed E-state index contributed by atoms with van der Waals surface area (Å²) in [6.45, 7) is 4.35. The van der Waals surface area contributed by atoms with Crippen molar-refractivity contribution < 1.29 is 9.53 Å². The number of hydrogen-bond acceptors (Lipinski definition) is 5. The quantitative estimate of drug-likeness (QED) is 0.229. The summed E-state index contributed by atoms with van der Waals surface area (Å²) in [6, 6.07) is 26.5. The van der Waals surface area contributed by atoms with Crippen LogP contribution in [0.15, 0.2) is 85.1 Å². The molecular weight excluding hydrogens is 500 g/mol. The van der Waals surface area contributed by atoms with Gasteiger partial charge in [0.15, 0.2) is 0 Å². The molecule has 8 nitrogen and oxygen atoms in total. The number of benzene rings is 3. The first-order valence-corrected chi connectivity index (χ1v) is 13.6. The van der Waals surface area contributed by atoms with Gasteiger partial charge in [-0.1, -0.05) is 60.7 Å². The lowest BCUT2D eigenvalue weighted by molar-refractivity contribution is -0.125. The lowest BCUT2D eigenvalue weighted by Crippen LogP contribution is -2.50. The van der Waals surface area contributed by atoms with Crippen molar-refractivity contribution in [3.63, 3.8) is 0 Å². The number of hydrogen-bond donors (Lipinski definition) is 3. The van der Waals surface area contributed by atoms with Crippen molar-refractivity contribution in [2.75, 3.05) is 13.7 Å². The Hall–Kier alpha value is -4.43. The van der Waals surface area contributed by atoms with Crippen LogP contribution in [-0.2, 0) is 24.2 Å². The van der Waals surface area contributed by atoms with Gasteiger partial charge in [-0.3, -0.25) is 4.79 Å². The van der Waals surface area contributed by atoms with Crippen molar-refractivity contribution in [2.45, 2.75) is 44.7 Å². The molecule has 0 spiro atoms. The summed E-state index contributed by atoms with van der Waals surface area (Å²) in [4.78, 5) is 16.1. The van der Waals surface area contributed by atoms with E-state index in [1.807, 2.05) is 36.4 Å². The average molecular weight is 537 g/mol. The van der Waals surface area contributed by atoms with E-state index in [0.29, 0.717) is 19.5 Å². The molecule has 2 aromatic heterocycles. The molecule has 2 heterocycles. The number of H-pyrrole nitrogens is 1. The SMILES string of the molecule is COc1ccc(Cn2c(CCc3c[nH]c4ccccc34)nnc2[C@@H](CNC(=O)C(C)(C)N)c2ccccc2)cc1. The van der Waals surface area contributed by atoms with E-state index >= 15 is 0 Å². The maximum Gasteiger partial charge on any atom is 0.239 e. The second kappa shape index (κ2) is 11.8. The predicted octanol–water partition coefficient (Wildman–Crippen LogP) is 4.59. The van der Waals surface area contributed by atoms with Crippen LogP contribution >= 0.6 is 0 Å². The Bertz CT molecular complexity index is 1560. The first-order chi connectivity index (χ1) is 19.3. The molecule has 0 aliphatic heterocycles. The Kier molecular flexibility index (Phi) is 7.98. The van der Waals surface area contributed by atoms with E-state index in [0.717, 1.165) is 40.5 Å². The van der Waals surface area contributed by atoms with Crippen LogP contribution in [0.5, 0.6) is 5.75 Å². The summed E-state index contributed by atoms with van der Waals surface area (Å²) in [6.07, 6.45) is 3.61. The molecule has 5 rings (SSSR count). The van der Waals surface area contributed by atoms with Crippen molar-refractivity contribution in [1.29, 1.82) is 0 Å². The number of amides is 1. The Morgan fingerprint density at radius 3 is 2.45 bits per heavy atom. The molecule has 0 aliphatic rings. The van der Waals surface area contributed by atoms with Gasteiger partial charge in [0.2, 0.25) is 5.91 Å². The van der Waals surface area contributed by atoms with Crippen molar-refractivity contribution in [2.24, 2.45) is 5.73 Å². The van der Waals surface area contributed by atoms with Gasteiger partial charge in [0.25, 0.3) is 0 Å². The third-order valence-electron chi connectivity index (χ3n) is 7.21. The summed E-state index contributed by atoms with van der Waals surface area (Å²) < 4.78 is 7.55. The largest absolute Gasteiger partial charge is 0.497 e. The monoisotopic (exact) mass is 536 g/mol. The highest BCUT2D eigenvalue weighted by Gasteiger charge is 2.27. The summed E-state index contributed by atoms with van der Waals surface area (Å²) in [7, 11) is 1.66. The zero-order valence-corrected chi connectivity index (χ0v) is 23.2. The number of aromatic amines is 1. The van der Waals surface area contributed by atoms with E-state index in [4.69, 9.17) is 15.6 Å². The number of para-hydroxylation sites is 1. The molecule has 206 valence electrons. The standard InChI is InChI=1S/C32H36N6O2/c1-32(2,33)31(39)35-20-27(23-9-5-4-6-10-23)30-37-36-29(38(30)21-22-13-16-25(40-3)17-14-22)18-15-24-19-34-28-12-8-7-11-26(24)28/h4-14,16-17,19,27,34H,15,18,20-21,33H2,1-3H3,(H,35,39)/t27-/m0/s1. The van der Waals surface area contributed by atoms with E-state index in [1.165, 1.54) is 10.9 Å². The molecular formula is C32H36N6O2. The minimum absolute atomic E-state index is 0.208. The molecule has 1 amide bonds. The van der Waals surface area contributed by atoms with Gasteiger partial charge in [-0.2, -0.15) is 0 Å². The number of rotatable bonds is 11. The highest BCUT2D eigenvalue weighted by molar-refractivity contribution is 5.85. The molecule has 8 heteroatoms. The predicted molar refractivity (Wildman–Crippen MR) is 157 cm³/mol. The van der Waals surface area contributed by atoms with E-state index < -0.39 is 5.54 Å². The second-order valence-electron chi connectivity index (χ2n) is 10.7. The fraction of sp³-hybridized carbons (Fsp3) is 0.281. The Labute approximate surface area is 234 Å². The zero-order valence-electron chi connectivity index (χ0n) is 23.2. The fourth-order valence-electron chi connectivity index (χ4n) is 4.93. The zero-order chi connectivity index (χ0) is 28.1. The van der Waals surface area contributed by atoms with E-state index in [-0.39, 0.29) is 11.8 Å². The van der Waals surface area contributed by atoms with Gasteiger partial charge in [0, 0.05) is 30.1 Å². The van der Waals surface area contributed by atoms with Crippen molar-refractivity contribution in [3.05, 3.63) is 113 Å². The maximum absolute atomic E-state index is 12.7. The summed E-state index contributed by atoms with van der Waals surface area (Å²) in [5.74, 6) is 2.07. The highest BCUT2D eigenvalue weighted by Crippen LogP contribution is 2.26. The number of ether oxygens (including phenoxy) is 1. The molecule has 0 unspecified atom stereocenters. The van der Waals surface area contributed by atoms with Gasteiger partial charge < -0.3 is 25.3 Å². The molecule has 0 aliphatic carbocycles. The number of methoxy groups -OCH3 is 1. The van der Waals surface area contributed by atoms with E-state index in [2.05, 4.69) is 68.6 Å². The summed E-state index contributed by atoms with van der Waals surface area (Å²) in [5, 5.41) is 13.7. The van der Waals surface area contributed by atoms with Crippen LogP contribution in [0.25, 0.3) is 10.9 Å². The van der Waals surface area contributed by atoms with Crippen LogP contribution in [0.3, 0.4) is 0 Å². The number of carbonyl (C=O) groups excluding carboxylic acids is 1. The molecule has 5 aromatic rings. The molecule has 4 N–H and O–H groups in total. The molecule has 0 bridgehead atoms. The van der Waals surface area contributed by atoms with Crippen molar-refractivity contribution in [1.82, 2.24) is 25.1 Å². The number of nitrogens with zero attached hydrogens (tertiary/aromatic N) is 3. The molecule has 1 atom stereocenters. The van der Waals surface area contributed by atoms with Crippen LogP contribution in [0.2, 0.25) is 0 Å². The van der Waals surface area contributed by atoms with Gasteiger partial charge in [0.05, 0.1) is 25.1 Å². The van der Waals surface area contributed by atoms with Crippen LogP contribution in [0, 0.1) is 0 Å². The van der Waals surface area contributed by atoms with Crippen molar-refractivity contribution in [3.8, 4) is 5.75 Å². The van der Waals surface area contributed by atoms with Gasteiger partial charge in [0.1, 0.15) is 17.4 Å². The first-order valence-electron chi connectivity index (χ1n) is 13.6. The van der Waals surface area contributed by atoms with Crippen LogP contribution < -0.4 is 15.8 Å². The molecule has 0 radical (unpaired) electrons. The Balaban J connectivity index is 1.50. The lowest BCUT2D eigenvalue weighted by atomic mass is 9.97. The molecule has 0 saturated carbocycles. The number of nitrogens with one attached hydrogen (secondary N) is 2. The van der Waals surface area contributed by atoms with Crippen molar-refractivity contribution >= 4 is 16.8 Å². The van der Waals surface area contributed by atoms with Crippen LogP contribution in [0.1, 0.15) is 48.1 Å². The van der Waals surface area contributed by atoms with Gasteiger partial charge in [-0.05, 0) is 55.2 Å². The maximum atomic E-state index is 12.7. The van der Waals surface area contributed by atoms with Crippen LogP contribution in [0.4, 0.5) is 0 Å². The Morgan fingerprint density at radius 2 is 1.73 bits per heavy atom. The number of aryl methyl sites for hydroxylation is 2. The Morgan fingerprint density at radius 1 is 1.00 bits per heavy atom. The molecule has 3 aromatic carbocycles. The minimum Gasteiger partial charge on any atom is -0.497 e. The molecule has 0 fully saturated rings. The molecule has 40 heavy (non-hydrogen) atoms. The van der Waals surface area contributed by atoms with Gasteiger partial charge >= 0.3 is 0 Å². The van der Waals surface area contributed by atoms with Gasteiger partial charge in [-0.25, -0.2) is 0 Å². The summed E-state index contributed by atoms with van der Waals surface area (Å²) in [5.41, 5.74) is 9.61. The lowest BCUT2D eigenvalue weighted by Gasteiger charge is -2.23.